The Morgan fingerprint density at radius 2 is 1.70 bits per heavy atom. The molecule has 0 aliphatic carbocycles. The second-order valence-electron chi connectivity index (χ2n) is 7.56. The minimum Gasteiger partial charge on any atom is -0.493 e. The third-order valence-corrected chi connectivity index (χ3v) is 6.09. The van der Waals surface area contributed by atoms with Gasteiger partial charge < -0.3 is 23.8 Å². The normalized spacial score (nSPS) is 11.0. The molecule has 178 valence electrons. The molecule has 0 radical (unpaired) electrons. The first kappa shape index (κ1) is 24.6. The summed E-state index contributed by atoms with van der Waals surface area (Å²) in [4.78, 5) is 22.3. The lowest BCUT2D eigenvalue weighted by molar-refractivity contribution is 0.0985. The standard InChI is InChI=1S/C24H31N3O5S/c1-7-32-17-10-8-11-20-21(17)25-24(33-20)27(13-9-12-26(2)3)23(28)16-14-18(29-4)22(31-6)19(15-16)30-5/h8,10-11,14-15H,7,9,12-13H2,1-6H3. The quantitative estimate of drug-likeness (QED) is 0.411. The molecule has 3 aromatic rings. The van der Waals surface area contributed by atoms with E-state index in [0.29, 0.717) is 46.8 Å². The van der Waals surface area contributed by atoms with Gasteiger partial charge in [-0.05, 0) is 58.3 Å². The number of ether oxygens (including phenoxy) is 4. The molecule has 0 N–H and O–H groups in total. The van der Waals surface area contributed by atoms with Crippen LogP contribution in [-0.4, -0.2) is 70.9 Å². The van der Waals surface area contributed by atoms with Crippen molar-refractivity contribution in [1.82, 2.24) is 9.88 Å². The highest BCUT2D eigenvalue weighted by molar-refractivity contribution is 7.22. The smallest absolute Gasteiger partial charge is 0.260 e. The number of rotatable bonds is 11. The fourth-order valence-corrected chi connectivity index (χ4v) is 4.50. The number of fused-ring (bicyclic) bond motifs is 1. The Hall–Kier alpha value is -3.04. The highest BCUT2D eigenvalue weighted by atomic mass is 32.1. The molecule has 0 fully saturated rings. The highest BCUT2D eigenvalue weighted by Gasteiger charge is 2.25. The largest absolute Gasteiger partial charge is 0.493 e. The zero-order valence-electron chi connectivity index (χ0n) is 20.0. The van der Waals surface area contributed by atoms with Crippen LogP contribution in [0.3, 0.4) is 0 Å². The second-order valence-corrected chi connectivity index (χ2v) is 8.57. The third-order valence-electron chi connectivity index (χ3n) is 5.05. The van der Waals surface area contributed by atoms with Crippen molar-refractivity contribution in [2.75, 3.05) is 60.0 Å². The van der Waals surface area contributed by atoms with E-state index in [0.717, 1.165) is 23.2 Å². The van der Waals surface area contributed by atoms with Crippen LogP contribution in [-0.2, 0) is 0 Å². The molecule has 0 bridgehead atoms. The number of carbonyl (C=O) groups is 1. The first-order valence-electron chi connectivity index (χ1n) is 10.7. The number of anilines is 1. The first-order valence-corrected chi connectivity index (χ1v) is 11.5. The summed E-state index contributed by atoms with van der Waals surface area (Å²) in [5.41, 5.74) is 1.19. The summed E-state index contributed by atoms with van der Waals surface area (Å²) in [5.74, 6) is 1.82. The summed E-state index contributed by atoms with van der Waals surface area (Å²) in [6, 6.07) is 9.16. The molecule has 1 aromatic heterocycles. The van der Waals surface area contributed by atoms with Gasteiger partial charge in [-0.15, -0.1) is 0 Å². The minimum atomic E-state index is -0.190. The van der Waals surface area contributed by atoms with Gasteiger partial charge in [-0.2, -0.15) is 0 Å². The van der Waals surface area contributed by atoms with Crippen LogP contribution in [0.2, 0.25) is 0 Å². The number of carbonyl (C=O) groups excluding carboxylic acids is 1. The number of hydrogen-bond donors (Lipinski definition) is 0. The molecule has 9 heteroatoms. The molecule has 0 saturated carbocycles. The zero-order valence-corrected chi connectivity index (χ0v) is 20.8. The molecule has 0 aliphatic heterocycles. The Morgan fingerprint density at radius 3 is 2.27 bits per heavy atom. The van der Waals surface area contributed by atoms with Gasteiger partial charge in [0, 0.05) is 12.1 Å². The van der Waals surface area contributed by atoms with Gasteiger partial charge in [0.05, 0.1) is 32.6 Å². The lowest BCUT2D eigenvalue weighted by Gasteiger charge is -2.22. The number of nitrogens with zero attached hydrogens (tertiary/aromatic N) is 3. The summed E-state index contributed by atoms with van der Waals surface area (Å²) in [7, 11) is 8.62. The topological polar surface area (TPSA) is 73.4 Å². The van der Waals surface area contributed by atoms with E-state index in [1.54, 1.807) is 17.0 Å². The van der Waals surface area contributed by atoms with Crippen LogP contribution in [0.25, 0.3) is 10.2 Å². The van der Waals surface area contributed by atoms with Crippen molar-refractivity contribution in [3.05, 3.63) is 35.9 Å². The van der Waals surface area contributed by atoms with Gasteiger partial charge in [0.1, 0.15) is 11.3 Å². The minimum absolute atomic E-state index is 0.190. The fourth-order valence-electron chi connectivity index (χ4n) is 3.49. The average Bonchev–Trinajstić information content (AvgIpc) is 3.25. The van der Waals surface area contributed by atoms with Gasteiger partial charge in [-0.1, -0.05) is 17.4 Å². The second kappa shape index (κ2) is 11.2. The van der Waals surface area contributed by atoms with Crippen LogP contribution in [0, 0.1) is 0 Å². The van der Waals surface area contributed by atoms with Crippen LogP contribution in [0.5, 0.6) is 23.0 Å². The lowest BCUT2D eigenvalue weighted by atomic mass is 10.1. The van der Waals surface area contributed by atoms with Crippen LogP contribution >= 0.6 is 11.3 Å². The molecule has 0 unspecified atom stereocenters. The summed E-state index contributed by atoms with van der Waals surface area (Å²) in [5, 5.41) is 0.620. The van der Waals surface area contributed by atoms with E-state index >= 15 is 0 Å². The van der Waals surface area contributed by atoms with Crippen molar-refractivity contribution < 1.29 is 23.7 Å². The molecule has 0 atom stereocenters. The Labute approximate surface area is 198 Å². The van der Waals surface area contributed by atoms with Gasteiger partial charge in [-0.25, -0.2) is 4.98 Å². The summed E-state index contributed by atoms with van der Waals surface area (Å²) >= 11 is 1.47. The van der Waals surface area contributed by atoms with E-state index in [-0.39, 0.29) is 5.91 Å². The van der Waals surface area contributed by atoms with Crippen molar-refractivity contribution in [3.63, 3.8) is 0 Å². The average molecular weight is 474 g/mol. The van der Waals surface area contributed by atoms with E-state index in [1.165, 1.54) is 32.7 Å². The van der Waals surface area contributed by atoms with Gasteiger partial charge in [0.2, 0.25) is 5.75 Å². The van der Waals surface area contributed by atoms with Crippen molar-refractivity contribution in [2.45, 2.75) is 13.3 Å². The monoisotopic (exact) mass is 473 g/mol. The van der Waals surface area contributed by atoms with E-state index in [2.05, 4.69) is 4.90 Å². The van der Waals surface area contributed by atoms with Gasteiger partial charge >= 0.3 is 0 Å². The molecule has 2 aromatic carbocycles. The number of amides is 1. The molecule has 8 nitrogen and oxygen atoms in total. The third kappa shape index (κ3) is 5.48. The van der Waals surface area contributed by atoms with E-state index < -0.39 is 0 Å². The Bertz CT molecular complexity index is 1070. The molecular weight excluding hydrogens is 442 g/mol. The van der Waals surface area contributed by atoms with E-state index in [4.69, 9.17) is 23.9 Å². The van der Waals surface area contributed by atoms with E-state index in [1.807, 2.05) is 39.2 Å². The van der Waals surface area contributed by atoms with Crippen LogP contribution in [0.1, 0.15) is 23.7 Å². The molecule has 33 heavy (non-hydrogen) atoms. The van der Waals surface area contributed by atoms with Crippen molar-refractivity contribution in [1.29, 1.82) is 0 Å². The van der Waals surface area contributed by atoms with Gasteiger partial charge in [0.25, 0.3) is 5.91 Å². The maximum Gasteiger partial charge on any atom is 0.260 e. The highest BCUT2D eigenvalue weighted by Crippen LogP contribution is 2.40. The maximum atomic E-state index is 13.7. The number of benzene rings is 2. The van der Waals surface area contributed by atoms with E-state index in [9.17, 15) is 4.79 Å². The molecule has 0 aliphatic rings. The first-order chi connectivity index (χ1) is 15.9. The van der Waals surface area contributed by atoms with Gasteiger partial charge in [-0.3, -0.25) is 9.69 Å². The molecule has 3 rings (SSSR count). The predicted molar refractivity (Wildman–Crippen MR) is 132 cm³/mol. The van der Waals surface area contributed by atoms with Crippen LogP contribution in [0.15, 0.2) is 30.3 Å². The maximum absolute atomic E-state index is 13.7. The fraction of sp³-hybridized carbons (Fsp3) is 0.417. The summed E-state index contributed by atoms with van der Waals surface area (Å²) < 4.78 is 23.0. The van der Waals surface area contributed by atoms with Crippen molar-refractivity contribution in [2.24, 2.45) is 0 Å². The van der Waals surface area contributed by atoms with Crippen LogP contribution in [0.4, 0.5) is 5.13 Å². The Kier molecular flexibility index (Phi) is 8.35. The Morgan fingerprint density at radius 1 is 1.00 bits per heavy atom. The predicted octanol–water partition coefficient (Wildman–Crippen LogP) is 4.32. The summed E-state index contributed by atoms with van der Waals surface area (Å²) in [6.45, 7) is 3.84. The van der Waals surface area contributed by atoms with Crippen molar-refractivity contribution >= 4 is 32.6 Å². The van der Waals surface area contributed by atoms with Gasteiger partial charge in [0.15, 0.2) is 16.6 Å². The van der Waals surface area contributed by atoms with Crippen molar-refractivity contribution in [3.8, 4) is 23.0 Å². The number of thiazole rings is 1. The van der Waals surface area contributed by atoms with Crippen LogP contribution < -0.4 is 23.8 Å². The number of hydrogen-bond acceptors (Lipinski definition) is 8. The summed E-state index contributed by atoms with van der Waals surface area (Å²) in [6.07, 6.45) is 0.789. The zero-order chi connectivity index (χ0) is 24.0. The Balaban J connectivity index is 2.05. The molecule has 0 spiro atoms. The number of methoxy groups -OCH3 is 3. The SMILES string of the molecule is CCOc1cccc2sc(N(CCCN(C)C)C(=O)c3cc(OC)c(OC)c(OC)c3)nc12. The lowest BCUT2D eigenvalue weighted by Crippen LogP contribution is -2.33. The molecule has 0 saturated heterocycles. The number of para-hydroxylation sites is 1. The molecular formula is C24H31N3O5S. The molecule has 1 heterocycles. The molecule has 1 amide bonds. The number of aromatic nitrogens is 1.